The first kappa shape index (κ1) is 12.6. The lowest BCUT2D eigenvalue weighted by Gasteiger charge is -1.99. The van der Waals surface area contributed by atoms with Gasteiger partial charge in [-0.15, -0.1) is 12.8 Å². The molecule has 0 bridgehead atoms. The first-order chi connectivity index (χ1) is 6.72. The number of benzene rings is 1. The van der Waals surface area contributed by atoms with Crippen LogP contribution in [0, 0.1) is 24.5 Å². The van der Waals surface area contributed by atoms with E-state index in [0.29, 0.717) is 0 Å². The van der Waals surface area contributed by atoms with Crippen LogP contribution in [0.5, 0.6) is 0 Å². The average molecular weight is 196 g/mol. The van der Waals surface area contributed by atoms with E-state index in [-0.39, 0.29) is 0 Å². The summed E-state index contributed by atoms with van der Waals surface area (Å²) in [5.41, 5.74) is 0.745. The lowest BCUT2D eigenvalue weighted by atomic mass is 10.1. The van der Waals surface area contributed by atoms with Crippen LogP contribution < -0.4 is 0 Å². The molecule has 0 atom stereocenters. The van der Waals surface area contributed by atoms with Gasteiger partial charge in [-0.2, -0.15) is 0 Å². The summed E-state index contributed by atoms with van der Waals surface area (Å²) in [6.45, 7) is 2.05. The van der Waals surface area contributed by atoms with Crippen LogP contribution in [-0.2, 0) is 6.42 Å². The minimum Gasteiger partial charge on any atom is -0.207 e. The largest absolute Gasteiger partial charge is 0.207 e. The van der Waals surface area contributed by atoms with Crippen LogP contribution in [0.15, 0.2) is 18.2 Å². The fraction of sp³-hybridized carbons (Fsp3) is 0.333. The minimum atomic E-state index is -0.485. The van der Waals surface area contributed by atoms with Gasteiger partial charge in [0, 0.05) is 6.07 Å². The maximum atomic E-state index is 12.6. The molecule has 0 aliphatic carbocycles. The molecule has 0 radical (unpaired) electrons. The van der Waals surface area contributed by atoms with Crippen LogP contribution >= 0.6 is 0 Å². The molecular weight excluding hydrogens is 182 g/mol. The van der Waals surface area contributed by atoms with Gasteiger partial charge in [0.15, 0.2) is 0 Å². The van der Waals surface area contributed by atoms with E-state index in [9.17, 15) is 8.78 Å². The second kappa shape index (κ2) is 7.08. The fourth-order valence-corrected chi connectivity index (χ4v) is 1.14. The molecule has 0 aliphatic rings. The lowest BCUT2D eigenvalue weighted by Crippen LogP contribution is -1.88. The number of hydrogen-bond acceptors (Lipinski definition) is 0. The van der Waals surface area contributed by atoms with Gasteiger partial charge in [0.1, 0.15) is 11.6 Å². The van der Waals surface area contributed by atoms with Gasteiger partial charge < -0.3 is 0 Å². The van der Waals surface area contributed by atoms with Crippen molar-refractivity contribution in [1.82, 2.24) is 0 Å². The molecule has 1 aromatic carbocycles. The second-order valence-corrected chi connectivity index (χ2v) is 2.88. The van der Waals surface area contributed by atoms with E-state index in [1.807, 2.05) is 0 Å². The Hall–Kier alpha value is -1.36. The summed E-state index contributed by atoms with van der Waals surface area (Å²) < 4.78 is 25.2. The van der Waals surface area contributed by atoms with Crippen molar-refractivity contribution in [3.63, 3.8) is 0 Å². The van der Waals surface area contributed by atoms with Crippen molar-refractivity contribution in [2.24, 2.45) is 0 Å². The van der Waals surface area contributed by atoms with E-state index < -0.39 is 11.6 Å². The number of halogens is 2. The van der Waals surface area contributed by atoms with Crippen molar-refractivity contribution in [2.45, 2.75) is 26.2 Å². The van der Waals surface area contributed by atoms with Gasteiger partial charge >= 0.3 is 0 Å². The van der Waals surface area contributed by atoms with E-state index >= 15 is 0 Å². The number of rotatable bonds is 3. The number of aryl methyl sites for hydroxylation is 1. The van der Waals surface area contributed by atoms with Crippen LogP contribution in [0.25, 0.3) is 0 Å². The third kappa shape index (κ3) is 4.61. The maximum absolute atomic E-state index is 12.6. The normalized spacial score (nSPS) is 8.93. The van der Waals surface area contributed by atoms with Crippen LogP contribution in [0.2, 0.25) is 0 Å². The zero-order valence-electron chi connectivity index (χ0n) is 8.26. The van der Waals surface area contributed by atoms with E-state index in [1.54, 1.807) is 0 Å². The molecule has 0 heterocycles. The van der Waals surface area contributed by atoms with Crippen molar-refractivity contribution < 1.29 is 8.78 Å². The SMILES string of the molecule is C#C.CCCCc1cc(F)cc(F)c1. The molecule has 0 spiro atoms. The number of terminal acetylenes is 1. The quantitative estimate of drug-likeness (QED) is 0.648. The molecule has 0 nitrogen and oxygen atoms in total. The third-order valence-corrected chi connectivity index (χ3v) is 1.74. The first-order valence-electron chi connectivity index (χ1n) is 4.50. The highest BCUT2D eigenvalue weighted by Crippen LogP contribution is 2.10. The predicted molar refractivity (Wildman–Crippen MR) is 54.9 cm³/mol. The Morgan fingerprint density at radius 1 is 1.07 bits per heavy atom. The van der Waals surface area contributed by atoms with Crippen molar-refractivity contribution in [1.29, 1.82) is 0 Å². The summed E-state index contributed by atoms with van der Waals surface area (Å²) in [7, 11) is 0. The summed E-state index contributed by atoms with van der Waals surface area (Å²) in [5, 5.41) is 0. The summed E-state index contributed by atoms with van der Waals surface area (Å²) >= 11 is 0. The molecule has 0 N–H and O–H groups in total. The lowest BCUT2D eigenvalue weighted by molar-refractivity contribution is 0.578. The smallest absolute Gasteiger partial charge is 0.126 e. The summed E-state index contributed by atoms with van der Waals surface area (Å²) in [5.74, 6) is -0.970. The van der Waals surface area contributed by atoms with Gasteiger partial charge in [-0.3, -0.25) is 0 Å². The Labute approximate surface area is 84.0 Å². The molecule has 76 valence electrons. The molecule has 0 unspecified atom stereocenters. The third-order valence-electron chi connectivity index (χ3n) is 1.74. The van der Waals surface area contributed by atoms with Crippen LogP contribution in [0.4, 0.5) is 8.78 Å². The Balaban J connectivity index is 0.000000791. The number of hydrogen-bond donors (Lipinski definition) is 0. The molecule has 0 saturated heterocycles. The maximum Gasteiger partial charge on any atom is 0.126 e. The summed E-state index contributed by atoms with van der Waals surface area (Å²) in [6.07, 6.45) is 10.8. The minimum absolute atomic E-state index is 0.485. The highest BCUT2D eigenvalue weighted by Gasteiger charge is 1.99. The van der Waals surface area contributed by atoms with Gasteiger partial charge in [0.2, 0.25) is 0 Å². The Morgan fingerprint density at radius 2 is 1.57 bits per heavy atom. The van der Waals surface area contributed by atoms with Gasteiger partial charge in [-0.1, -0.05) is 13.3 Å². The Kier molecular flexibility index (Phi) is 6.39. The predicted octanol–water partition coefficient (Wildman–Crippen LogP) is 3.56. The van der Waals surface area contributed by atoms with Crippen molar-refractivity contribution in [3.05, 3.63) is 35.4 Å². The van der Waals surface area contributed by atoms with Crippen molar-refractivity contribution in [2.75, 3.05) is 0 Å². The molecule has 1 rings (SSSR count). The topological polar surface area (TPSA) is 0 Å². The molecule has 0 fully saturated rings. The molecule has 14 heavy (non-hydrogen) atoms. The van der Waals surface area contributed by atoms with Gasteiger partial charge in [0.05, 0.1) is 0 Å². The van der Waals surface area contributed by atoms with E-state index in [0.717, 1.165) is 30.9 Å². The zero-order chi connectivity index (χ0) is 11.0. The van der Waals surface area contributed by atoms with Crippen LogP contribution in [-0.4, -0.2) is 0 Å². The zero-order valence-corrected chi connectivity index (χ0v) is 8.26. The van der Waals surface area contributed by atoms with Gasteiger partial charge in [0.25, 0.3) is 0 Å². The van der Waals surface area contributed by atoms with Crippen LogP contribution in [0.3, 0.4) is 0 Å². The fourth-order valence-electron chi connectivity index (χ4n) is 1.14. The monoisotopic (exact) mass is 196 g/mol. The molecule has 0 aromatic heterocycles. The first-order valence-corrected chi connectivity index (χ1v) is 4.50. The van der Waals surface area contributed by atoms with E-state index in [4.69, 9.17) is 0 Å². The standard InChI is InChI=1S/C10H12F2.C2H2/c1-2-3-4-8-5-9(11)7-10(12)6-8;1-2/h5-7H,2-4H2,1H3;1-2H. The van der Waals surface area contributed by atoms with Crippen LogP contribution in [0.1, 0.15) is 25.3 Å². The van der Waals surface area contributed by atoms with Crippen molar-refractivity contribution in [3.8, 4) is 12.8 Å². The molecule has 0 amide bonds. The highest BCUT2D eigenvalue weighted by atomic mass is 19.1. The molecular formula is C12H14F2. The van der Waals surface area contributed by atoms with Crippen molar-refractivity contribution >= 4 is 0 Å². The summed E-state index contributed by atoms with van der Waals surface area (Å²) in [6, 6.07) is 3.67. The molecule has 1 aromatic rings. The molecule has 0 aliphatic heterocycles. The Bertz CT molecular complexity index is 269. The number of unbranched alkanes of at least 4 members (excludes halogenated alkanes) is 1. The molecule has 0 saturated carbocycles. The van der Waals surface area contributed by atoms with E-state index in [1.165, 1.54) is 12.1 Å². The average Bonchev–Trinajstić information content (AvgIpc) is 2.16. The highest BCUT2D eigenvalue weighted by molar-refractivity contribution is 5.17. The van der Waals surface area contributed by atoms with E-state index in [2.05, 4.69) is 19.8 Å². The van der Waals surface area contributed by atoms with Gasteiger partial charge in [-0.05, 0) is 30.5 Å². The second-order valence-electron chi connectivity index (χ2n) is 2.88. The Morgan fingerprint density at radius 3 is 2.00 bits per heavy atom. The summed E-state index contributed by atoms with van der Waals surface area (Å²) in [4.78, 5) is 0. The molecule has 2 heteroatoms. The van der Waals surface area contributed by atoms with Gasteiger partial charge in [-0.25, -0.2) is 8.78 Å².